The Bertz CT molecular complexity index is 300. The number of nitrogens with zero attached hydrogens (tertiary/aromatic N) is 1. The van der Waals surface area contributed by atoms with Crippen LogP contribution in [0.3, 0.4) is 0 Å². The highest BCUT2D eigenvalue weighted by atomic mass is 16.2. The molecule has 1 fully saturated rings. The molecule has 1 atom stereocenters. The predicted molar refractivity (Wildman–Crippen MR) is 55.0 cm³/mol. The first kappa shape index (κ1) is 11.5. The number of Topliss-reactive ketones (excluding diaryl/α,β-unsaturated/α-hetero) is 1. The molecule has 1 aliphatic rings. The van der Waals surface area contributed by atoms with Crippen molar-refractivity contribution in [3.8, 4) is 0 Å². The molecule has 6 nitrogen and oxygen atoms in total. The summed E-state index contributed by atoms with van der Waals surface area (Å²) in [5.41, 5.74) is 7.76. The van der Waals surface area contributed by atoms with E-state index in [1.807, 2.05) is 6.92 Å². The van der Waals surface area contributed by atoms with Gasteiger partial charge in [-0.3, -0.25) is 15.4 Å². The van der Waals surface area contributed by atoms with Gasteiger partial charge in [-0.05, 0) is 6.92 Å². The van der Waals surface area contributed by atoms with Gasteiger partial charge < -0.3 is 16.1 Å². The second-order valence-corrected chi connectivity index (χ2v) is 3.61. The Labute approximate surface area is 88.2 Å². The molecular weight excluding hydrogens is 196 g/mol. The van der Waals surface area contributed by atoms with E-state index in [9.17, 15) is 9.59 Å². The van der Waals surface area contributed by atoms with Crippen LogP contribution < -0.4 is 17.0 Å². The summed E-state index contributed by atoms with van der Waals surface area (Å²) >= 11 is 0. The number of hydrogen-bond acceptors (Lipinski definition) is 5. The standard InChI is InChI=1S/C9H16N4O2/c1-6-4-7(14)2-3-13(6)9(15)8(10)5-12-11/h5-6,12H,2-4,10-11H2,1H3/b8-5-/t6-/m1/s1. The molecule has 0 aromatic rings. The third-order valence-electron chi connectivity index (χ3n) is 2.43. The molecule has 0 spiro atoms. The minimum Gasteiger partial charge on any atom is -0.393 e. The monoisotopic (exact) mass is 212 g/mol. The number of hydrogen-bond donors (Lipinski definition) is 3. The van der Waals surface area contributed by atoms with Crippen molar-refractivity contribution in [2.75, 3.05) is 6.54 Å². The van der Waals surface area contributed by atoms with Crippen LogP contribution in [0, 0.1) is 0 Å². The van der Waals surface area contributed by atoms with E-state index in [1.54, 1.807) is 4.90 Å². The molecule has 6 heteroatoms. The molecule has 1 amide bonds. The summed E-state index contributed by atoms with van der Waals surface area (Å²) in [6.07, 6.45) is 2.04. The van der Waals surface area contributed by atoms with Crippen molar-refractivity contribution in [2.24, 2.45) is 11.6 Å². The molecule has 1 heterocycles. The molecule has 1 rings (SSSR count). The SMILES string of the molecule is C[C@@H]1CC(=O)CCN1C(=O)/C(N)=C/NN. The highest BCUT2D eigenvalue weighted by Gasteiger charge is 2.28. The lowest BCUT2D eigenvalue weighted by Gasteiger charge is -2.32. The van der Waals surface area contributed by atoms with E-state index < -0.39 is 0 Å². The first-order chi connectivity index (χ1) is 7.06. The minimum atomic E-state index is -0.284. The normalized spacial score (nSPS) is 22.8. The van der Waals surface area contributed by atoms with Gasteiger partial charge in [0.05, 0.1) is 0 Å². The smallest absolute Gasteiger partial charge is 0.271 e. The number of likely N-dealkylation sites (tertiary alicyclic amines) is 1. The molecule has 1 aliphatic heterocycles. The van der Waals surface area contributed by atoms with Gasteiger partial charge in [-0.1, -0.05) is 0 Å². The molecule has 0 unspecified atom stereocenters. The zero-order valence-corrected chi connectivity index (χ0v) is 8.69. The molecule has 15 heavy (non-hydrogen) atoms. The lowest BCUT2D eigenvalue weighted by molar-refractivity contribution is -0.134. The number of ketones is 1. The third kappa shape index (κ3) is 2.69. The van der Waals surface area contributed by atoms with Gasteiger partial charge in [-0.15, -0.1) is 0 Å². The lowest BCUT2D eigenvalue weighted by Crippen LogP contribution is -2.46. The zero-order chi connectivity index (χ0) is 11.4. The second-order valence-electron chi connectivity index (χ2n) is 3.61. The Morgan fingerprint density at radius 2 is 2.33 bits per heavy atom. The van der Waals surface area contributed by atoms with E-state index >= 15 is 0 Å². The summed E-state index contributed by atoms with van der Waals surface area (Å²) < 4.78 is 0. The fraction of sp³-hybridized carbons (Fsp3) is 0.556. The average molecular weight is 212 g/mol. The number of carbonyl (C=O) groups excluding carboxylic acids is 2. The summed E-state index contributed by atoms with van der Waals surface area (Å²) in [5.74, 6) is 4.92. The summed E-state index contributed by atoms with van der Waals surface area (Å²) in [5, 5.41) is 0. The molecule has 0 aliphatic carbocycles. The topological polar surface area (TPSA) is 101 Å². The van der Waals surface area contributed by atoms with Crippen molar-refractivity contribution in [1.82, 2.24) is 10.3 Å². The predicted octanol–water partition coefficient (Wildman–Crippen LogP) is -1.17. The average Bonchev–Trinajstić information content (AvgIpc) is 2.17. The summed E-state index contributed by atoms with van der Waals surface area (Å²) in [6.45, 7) is 2.26. The Kier molecular flexibility index (Phi) is 3.68. The van der Waals surface area contributed by atoms with Crippen molar-refractivity contribution in [3.05, 3.63) is 11.9 Å². The largest absolute Gasteiger partial charge is 0.393 e. The number of carbonyl (C=O) groups is 2. The lowest BCUT2D eigenvalue weighted by atomic mass is 10.0. The maximum atomic E-state index is 11.7. The van der Waals surface area contributed by atoms with Crippen LogP contribution in [0.15, 0.2) is 11.9 Å². The fourth-order valence-electron chi connectivity index (χ4n) is 1.63. The maximum absolute atomic E-state index is 11.7. The number of nitrogens with one attached hydrogen (secondary N) is 1. The number of piperidine rings is 1. The van der Waals surface area contributed by atoms with Gasteiger partial charge in [-0.25, -0.2) is 0 Å². The Balaban J connectivity index is 2.68. The highest BCUT2D eigenvalue weighted by molar-refractivity contribution is 5.94. The van der Waals surface area contributed by atoms with Crippen LogP contribution in [0.4, 0.5) is 0 Å². The molecule has 5 N–H and O–H groups in total. The molecule has 1 saturated heterocycles. The minimum absolute atomic E-state index is 0.0544. The van der Waals surface area contributed by atoms with Crippen molar-refractivity contribution in [1.29, 1.82) is 0 Å². The van der Waals surface area contributed by atoms with Crippen LogP contribution in [0.5, 0.6) is 0 Å². The third-order valence-corrected chi connectivity index (χ3v) is 2.43. The van der Waals surface area contributed by atoms with Crippen LogP contribution >= 0.6 is 0 Å². The Morgan fingerprint density at radius 1 is 1.67 bits per heavy atom. The van der Waals surface area contributed by atoms with E-state index in [0.717, 1.165) is 0 Å². The van der Waals surface area contributed by atoms with Gasteiger partial charge >= 0.3 is 0 Å². The Morgan fingerprint density at radius 3 is 2.87 bits per heavy atom. The van der Waals surface area contributed by atoms with Crippen molar-refractivity contribution < 1.29 is 9.59 Å². The van der Waals surface area contributed by atoms with Crippen LogP contribution in [-0.2, 0) is 9.59 Å². The van der Waals surface area contributed by atoms with Crippen molar-refractivity contribution >= 4 is 11.7 Å². The number of hydrazine groups is 1. The van der Waals surface area contributed by atoms with Gasteiger partial charge in [0.25, 0.3) is 5.91 Å². The van der Waals surface area contributed by atoms with E-state index in [2.05, 4.69) is 5.43 Å². The summed E-state index contributed by atoms with van der Waals surface area (Å²) in [6, 6.07) is -0.0940. The van der Waals surface area contributed by atoms with Crippen molar-refractivity contribution in [3.63, 3.8) is 0 Å². The first-order valence-electron chi connectivity index (χ1n) is 4.80. The van der Waals surface area contributed by atoms with E-state index in [1.165, 1.54) is 6.20 Å². The molecule has 0 aromatic heterocycles. The highest BCUT2D eigenvalue weighted by Crippen LogP contribution is 2.15. The number of amides is 1. The molecule has 84 valence electrons. The summed E-state index contributed by atoms with van der Waals surface area (Å²) in [7, 11) is 0. The quantitative estimate of drug-likeness (QED) is 0.304. The van der Waals surface area contributed by atoms with Gasteiger partial charge in [0.1, 0.15) is 11.5 Å². The van der Waals surface area contributed by atoms with Crippen LogP contribution in [0.1, 0.15) is 19.8 Å². The van der Waals surface area contributed by atoms with Crippen molar-refractivity contribution in [2.45, 2.75) is 25.8 Å². The molecule has 0 aromatic carbocycles. The fourth-order valence-corrected chi connectivity index (χ4v) is 1.63. The molecular formula is C9H16N4O2. The molecule has 0 saturated carbocycles. The van der Waals surface area contributed by atoms with Gasteiger partial charge in [0.15, 0.2) is 0 Å². The number of nitrogens with two attached hydrogens (primary N) is 2. The first-order valence-corrected chi connectivity index (χ1v) is 4.80. The van der Waals surface area contributed by atoms with E-state index in [-0.39, 0.29) is 23.4 Å². The summed E-state index contributed by atoms with van der Waals surface area (Å²) in [4.78, 5) is 24.4. The van der Waals surface area contributed by atoms with Gasteiger partial charge in [0, 0.05) is 31.6 Å². The zero-order valence-electron chi connectivity index (χ0n) is 8.69. The van der Waals surface area contributed by atoms with Gasteiger partial charge in [-0.2, -0.15) is 0 Å². The van der Waals surface area contributed by atoms with Crippen LogP contribution in [-0.4, -0.2) is 29.2 Å². The van der Waals surface area contributed by atoms with E-state index in [0.29, 0.717) is 19.4 Å². The second kappa shape index (κ2) is 4.79. The van der Waals surface area contributed by atoms with Crippen LogP contribution in [0.25, 0.3) is 0 Å². The maximum Gasteiger partial charge on any atom is 0.271 e. The number of rotatable bonds is 2. The van der Waals surface area contributed by atoms with Gasteiger partial charge in [0.2, 0.25) is 0 Å². The molecule has 0 bridgehead atoms. The van der Waals surface area contributed by atoms with Crippen LogP contribution in [0.2, 0.25) is 0 Å². The Hall–Kier alpha value is -1.56. The van der Waals surface area contributed by atoms with E-state index in [4.69, 9.17) is 11.6 Å². The molecule has 0 radical (unpaired) electrons.